The first kappa shape index (κ1) is 21.4. The number of anilines is 2. The largest absolute Gasteiger partial charge is 0.478 e. The standard InChI is InChI=1S/C26H26N2O2S2/c1-31-24-16-23-25(15-22(24)18-8-7-9-19(14-18)26(29)30)32-28-13-6-5-12-21(28)17-27(23)20-10-3-2-4-11-20/h2-4,7-11,14-16,21H,5-6,12-13,17H2,1H3,(H,29,30). The van der Waals surface area contributed by atoms with Crippen LogP contribution in [0, 0.1) is 0 Å². The van der Waals surface area contributed by atoms with Crippen molar-refractivity contribution in [2.45, 2.75) is 35.1 Å². The minimum absolute atomic E-state index is 0.319. The molecule has 1 N–H and O–H groups in total. The van der Waals surface area contributed by atoms with Crippen molar-refractivity contribution in [3.8, 4) is 11.1 Å². The van der Waals surface area contributed by atoms with Crippen LogP contribution in [-0.4, -0.2) is 40.8 Å². The van der Waals surface area contributed by atoms with Gasteiger partial charge < -0.3 is 10.0 Å². The number of benzene rings is 3. The Kier molecular flexibility index (Phi) is 6.17. The molecule has 32 heavy (non-hydrogen) atoms. The third-order valence-electron chi connectivity index (χ3n) is 6.24. The maximum Gasteiger partial charge on any atom is 0.335 e. The Morgan fingerprint density at radius 1 is 1.06 bits per heavy atom. The number of hydrogen-bond acceptors (Lipinski definition) is 5. The van der Waals surface area contributed by atoms with Gasteiger partial charge >= 0.3 is 5.97 Å². The Morgan fingerprint density at radius 3 is 2.69 bits per heavy atom. The highest BCUT2D eigenvalue weighted by Gasteiger charge is 2.32. The molecule has 2 aliphatic rings. The molecule has 6 heteroatoms. The fourth-order valence-corrected chi connectivity index (χ4v) is 6.47. The number of rotatable bonds is 4. The third kappa shape index (κ3) is 4.15. The lowest BCUT2D eigenvalue weighted by atomic mass is 10.0. The van der Waals surface area contributed by atoms with E-state index in [0.717, 1.165) is 29.1 Å². The second-order valence-electron chi connectivity index (χ2n) is 8.23. The lowest BCUT2D eigenvalue weighted by Crippen LogP contribution is -2.40. The molecule has 0 aliphatic carbocycles. The monoisotopic (exact) mass is 462 g/mol. The fraction of sp³-hybridized carbons (Fsp3) is 0.269. The molecule has 4 nitrogen and oxygen atoms in total. The number of piperidine rings is 1. The molecule has 3 aromatic rings. The number of nitrogens with zero attached hydrogens (tertiary/aromatic N) is 2. The summed E-state index contributed by atoms with van der Waals surface area (Å²) in [5.74, 6) is -0.895. The second kappa shape index (κ2) is 9.22. The van der Waals surface area contributed by atoms with E-state index in [-0.39, 0.29) is 0 Å². The van der Waals surface area contributed by atoms with Gasteiger partial charge in [-0.15, -0.1) is 11.8 Å². The Hall–Kier alpha value is -2.41. The van der Waals surface area contributed by atoms with E-state index < -0.39 is 5.97 Å². The number of thioether (sulfide) groups is 1. The molecule has 1 atom stereocenters. The highest BCUT2D eigenvalue weighted by molar-refractivity contribution is 7.98. The maximum absolute atomic E-state index is 11.6. The summed E-state index contributed by atoms with van der Waals surface area (Å²) in [7, 11) is 0. The number of carbonyl (C=O) groups is 1. The normalized spacial score (nSPS) is 18.5. The van der Waals surface area contributed by atoms with Crippen LogP contribution >= 0.6 is 23.7 Å². The van der Waals surface area contributed by atoms with E-state index in [1.165, 1.54) is 35.5 Å². The molecule has 3 aromatic carbocycles. The van der Waals surface area contributed by atoms with Crippen molar-refractivity contribution < 1.29 is 9.90 Å². The van der Waals surface area contributed by atoms with Gasteiger partial charge in [0.2, 0.25) is 0 Å². The molecule has 1 saturated heterocycles. The van der Waals surface area contributed by atoms with Crippen LogP contribution in [0.1, 0.15) is 29.6 Å². The molecule has 1 unspecified atom stereocenters. The summed E-state index contributed by atoms with van der Waals surface area (Å²) < 4.78 is 2.56. The van der Waals surface area contributed by atoms with Crippen molar-refractivity contribution in [3.05, 3.63) is 72.3 Å². The van der Waals surface area contributed by atoms with E-state index in [2.05, 4.69) is 57.9 Å². The van der Waals surface area contributed by atoms with Crippen molar-refractivity contribution in [2.24, 2.45) is 0 Å². The van der Waals surface area contributed by atoms with Crippen LogP contribution in [0.5, 0.6) is 0 Å². The van der Waals surface area contributed by atoms with Gasteiger partial charge in [0.05, 0.1) is 11.3 Å². The van der Waals surface area contributed by atoms with E-state index >= 15 is 0 Å². The molecule has 0 aromatic heterocycles. The predicted molar refractivity (Wildman–Crippen MR) is 134 cm³/mol. The Bertz CT molecular complexity index is 1140. The van der Waals surface area contributed by atoms with E-state index in [0.29, 0.717) is 11.6 Å². The Balaban J connectivity index is 1.66. The maximum atomic E-state index is 11.6. The topological polar surface area (TPSA) is 43.8 Å². The smallest absolute Gasteiger partial charge is 0.335 e. The highest BCUT2D eigenvalue weighted by atomic mass is 32.2. The number of fused-ring (bicyclic) bond motifs is 2. The van der Waals surface area contributed by atoms with Crippen molar-refractivity contribution in [2.75, 3.05) is 24.2 Å². The van der Waals surface area contributed by atoms with Gasteiger partial charge in [-0.1, -0.05) is 36.8 Å². The van der Waals surface area contributed by atoms with E-state index in [1.54, 1.807) is 23.9 Å². The van der Waals surface area contributed by atoms with Crippen molar-refractivity contribution in [3.63, 3.8) is 0 Å². The Labute approximate surface area is 197 Å². The first-order valence-electron chi connectivity index (χ1n) is 11.0. The average molecular weight is 463 g/mol. The SMILES string of the molecule is CSc1cc2c(cc1-c1cccc(C(=O)O)c1)SN1CCCCC1CN2c1ccccc1. The number of carboxylic acids is 1. The molecule has 5 rings (SSSR count). The van der Waals surface area contributed by atoms with E-state index in [1.807, 2.05) is 24.1 Å². The van der Waals surface area contributed by atoms with Crippen LogP contribution in [0.3, 0.4) is 0 Å². The van der Waals surface area contributed by atoms with Crippen molar-refractivity contribution in [1.29, 1.82) is 0 Å². The molecule has 2 heterocycles. The first-order valence-corrected chi connectivity index (χ1v) is 13.0. The van der Waals surface area contributed by atoms with Gasteiger partial charge in [0.1, 0.15) is 0 Å². The molecule has 0 saturated carbocycles. The van der Waals surface area contributed by atoms with Gasteiger partial charge in [-0.3, -0.25) is 0 Å². The molecule has 1 fully saturated rings. The van der Waals surface area contributed by atoms with Gasteiger partial charge in [0.15, 0.2) is 0 Å². The Morgan fingerprint density at radius 2 is 1.91 bits per heavy atom. The van der Waals surface area contributed by atoms with Crippen LogP contribution < -0.4 is 4.90 Å². The quantitative estimate of drug-likeness (QED) is 0.340. The number of hydrogen-bond donors (Lipinski definition) is 1. The highest BCUT2D eigenvalue weighted by Crippen LogP contribution is 2.47. The molecule has 0 bridgehead atoms. The van der Waals surface area contributed by atoms with Gasteiger partial charge in [-0.25, -0.2) is 9.10 Å². The van der Waals surface area contributed by atoms with Gasteiger partial charge in [-0.05, 0) is 78.6 Å². The van der Waals surface area contributed by atoms with Gasteiger partial charge in [0.25, 0.3) is 0 Å². The van der Waals surface area contributed by atoms with Crippen molar-refractivity contribution >= 4 is 41.1 Å². The molecular formula is C26H26N2O2S2. The zero-order valence-electron chi connectivity index (χ0n) is 18.0. The molecule has 0 spiro atoms. The van der Waals surface area contributed by atoms with Gasteiger partial charge in [-0.2, -0.15) is 0 Å². The molecule has 2 aliphatic heterocycles. The van der Waals surface area contributed by atoms with Crippen LogP contribution in [0.25, 0.3) is 11.1 Å². The third-order valence-corrected chi connectivity index (χ3v) is 8.26. The lowest BCUT2D eigenvalue weighted by molar-refractivity contribution is 0.0697. The summed E-state index contributed by atoms with van der Waals surface area (Å²) in [6, 6.07) is 23.0. The van der Waals surface area contributed by atoms with Gasteiger partial charge in [0, 0.05) is 34.6 Å². The minimum atomic E-state index is -0.895. The molecule has 0 amide bonds. The van der Waals surface area contributed by atoms with E-state index in [9.17, 15) is 9.90 Å². The predicted octanol–water partition coefficient (Wildman–Crippen LogP) is 6.79. The van der Waals surface area contributed by atoms with Crippen molar-refractivity contribution in [1.82, 2.24) is 4.31 Å². The summed E-state index contributed by atoms with van der Waals surface area (Å²) in [4.78, 5) is 16.4. The first-order chi connectivity index (χ1) is 15.6. The lowest BCUT2D eigenvalue weighted by Gasteiger charge is -2.34. The molecule has 0 radical (unpaired) electrons. The molecule has 164 valence electrons. The van der Waals surface area contributed by atoms with Crippen LogP contribution in [0.2, 0.25) is 0 Å². The second-order valence-corrected chi connectivity index (χ2v) is 10.2. The molecular weight excluding hydrogens is 436 g/mol. The fourth-order valence-electron chi connectivity index (χ4n) is 4.61. The minimum Gasteiger partial charge on any atom is -0.478 e. The summed E-state index contributed by atoms with van der Waals surface area (Å²) >= 11 is 3.57. The summed E-state index contributed by atoms with van der Waals surface area (Å²) in [5, 5.41) is 9.48. The average Bonchev–Trinajstić information content (AvgIpc) is 3.00. The van der Waals surface area contributed by atoms with Crippen LogP contribution in [-0.2, 0) is 0 Å². The number of aromatic carboxylic acids is 1. The summed E-state index contributed by atoms with van der Waals surface area (Å²) in [5.41, 5.74) is 4.81. The number of carboxylic acid groups (broad SMARTS) is 1. The van der Waals surface area contributed by atoms with E-state index in [4.69, 9.17) is 0 Å². The zero-order chi connectivity index (χ0) is 22.1. The zero-order valence-corrected chi connectivity index (χ0v) is 19.7. The number of para-hydroxylation sites is 1. The van der Waals surface area contributed by atoms with Crippen LogP contribution in [0.4, 0.5) is 11.4 Å². The summed E-state index contributed by atoms with van der Waals surface area (Å²) in [6.07, 6.45) is 5.82. The summed E-state index contributed by atoms with van der Waals surface area (Å²) in [6.45, 7) is 2.08. The van der Waals surface area contributed by atoms with Crippen LogP contribution in [0.15, 0.2) is 76.5 Å².